The predicted molar refractivity (Wildman–Crippen MR) is 123 cm³/mol. The lowest BCUT2D eigenvalue weighted by Gasteiger charge is -2.26. The van der Waals surface area contributed by atoms with Crippen LogP contribution in [-0.2, 0) is 11.3 Å². The number of hydrogen-bond acceptors (Lipinski definition) is 3. The number of hydrogen-bond donors (Lipinski definition) is 2. The van der Waals surface area contributed by atoms with Gasteiger partial charge in [0, 0.05) is 57.3 Å². The van der Waals surface area contributed by atoms with Crippen molar-refractivity contribution in [1.29, 1.82) is 0 Å². The Morgan fingerprint density at radius 3 is 2.73 bits per heavy atom. The first-order chi connectivity index (χ1) is 14.6. The minimum atomic E-state index is 0.314. The van der Waals surface area contributed by atoms with E-state index in [0.29, 0.717) is 30.5 Å². The number of rotatable bonds is 9. The molecule has 6 nitrogen and oxygen atoms in total. The summed E-state index contributed by atoms with van der Waals surface area (Å²) in [7, 11) is 0. The van der Waals surface area contributed by atoms with Crippen LogP contribution in [0.4, 0.5) is 0 Å². The van der Waals surface area contributed by atoms with Crippen LogP contribution in [-0.4, -0.2) is 66.0 Å². The number of benzene rings is 1. The van der Waals surface area contributed by atoms with Gasteiger partial charge in [-0.05, 0) is 45.1 Å². The highest BCUT2D eigenvalue weighted by Gasteiger charge is 2.30. The van der Waals surface area contributed by atoms with Gasteiger partial charge in [-0.3, -0.25) is 14.7 Å². The lowest BCUT2D eigenvalue weighted by atomic mass is 10.1. The van der Waals surface area contributed by atoms with Gasteiger partial charge in [0.1, 0.15) is 0 Å². The second-order valence-corrected chi connectivity index (χ2v) is 8.64. The Morgan fingerprint density at radius 2 is 2.07 bits per heavy atom. The normalized spacial score (nSPS) is 23.8. The Bertz CT molecular complexity index is 692. The monoisotopic (exact) mass is 413 g/mol. The quantitative estimate of drug-likeness (QED) is 0.483. The second-order valence-electron chi connectivity index (χ2n) is 8.64. The zero-order valence-electron chi connectivity index (χ0n) is 18.9. The Labute approximate surface area is 182 Å². The van der Waals surface area contributed by atoms with E-state index < -0.39 is 0 Å². The van der Waals surface area contributed by atoms with Crippen molar-refractivity contribution < 1.29 is 4.79 Å². The van der Waals surface area contributed by atoms with Crippen molar-refractivity contribution in [3.8, 4) is 0 Å². The molecule has 0 bridgehead atoms. The van der Waals surface area contributed by atoms with Crippen LogP contribution < -0.4 is 10.6 Å². The fraction of sp³-hybridized carbons (Fsp3) is 0.667. The number of nitrogens with zero attached hydrogens (tertiary/aromatic N) is 3. The summed E-state index contributed by atoms with van der Waals surface area (Å²) in [6, 6.07) is 12.0. The van der Waals surface area contributed by atoms with Gasteiger partial charge in [-0.25, -0.2) is 0 Å². The van der Waals surface area contributed by atoms with Gasteiger partial charge in [-0.15, -0.1) is 0 Å². The molecular formula is C24H39N5O. The number of carbonyl (C=O) groups is 1. The molecule has 2 aliphatic rings. The molecular weight excluding hydrogens is 374 g/mol. The first kappa shape index (κ1) is 22.6. The minimum Gasteiger partial charge on any atom is -0.357 e. The minimum absolute atomic E-state index is 0.314. The van der Waals surface area contributed by atoms with Crippen LogP contribution in [0.5, 0.6) is 0 Å². The molecule has 2 aliphatic heterocycles. The fourth-order valence-electron chi connectivity index (χ4n) is 4.72. The summed E-state index contributed by atoms with van der Waals surface area (Å²) in [5.41, 5.74) is 1.37. The van der Waals surface area contributed by atoms with E-state index in [9.17, 15) is 4.79 Å². The molecule has 0 saturated carbocycles. The fourth-order valence-corrected chi connectivity index (χ4v) is 4.72. The molecule has 1 amide bonds. The van der Waals surface area contributed by atoms with Crippen molar-refractivity contribution in [1.82, 2.24) is 20.4 Å². The molecule has 3 atom stereocenters. The second kappa shape index (κ2) is 11.3. The van der Waals surface area contributed by atoms with Crippen molar-refractivity contribution in [2.75, 3.05) is 26.2 Å². The molecule has 0 aromatic heterocycles. The van der Waals surface area contributed by atoms with Crippen LogP contribution in [0, 0.1) is 0 Å². The maximum atomic E-state index is 12.1. The van der Waals surface area contributed by atoms with E-state index in [-0.39, 0.29) is 0 Å². The van der Waals surface area contributed by atoms with E-state index >= 15 is 0 Å². The summed E-state index contributed by atoms with van der Waals surface area (Å²) in [5.74, 6) is 1.22. The average Bonchev–Trinajstić information content (AvgIpc) is 3.31. The molecule has 166 valence electrons. The summed E-state index contributed by atoms with van der Waals surface area (Å²) < 4.78 is 0. The number of nitrogens with one attached hydrogen (secondary N) is 2. The van der Waals surface area contributed by atoms with Crippen LogP contribution in [0.25, 0.3) is 0 Å². The zero-order chi connectivity index (χ0) is 21.3. The van der Waals surface area contributed by atoms with Crippen LogP contribution in [0.15, 0.2) is 35.3 Å². The van der Waals surface area contributed by atoms with E-state index in [1.165, 1.54) is 5.56 Å². The SMILES string of the molecule is CCNC(=NCCC(CC)N1CCCC1=O)NC1CC(C)N(Cc2ccccc2)C1. The standard InChI is InChI=1S/C24H39N5O/c1-4-22(29-15-9-12-23(29)30)13-14-26-24(25-5-2)27-21-16-19(3)28(18-21)17-20-10-7-6-8-11-20/h6-8,10-11,19,21-22H,4-5,9,12-18H2,1-3H3,(H2,25,26,27). The zero-order valence-corrected chi connectivity index (χ0v) is 18.9. The Kier molecular flexibility index (Phi) is 8.55. The summed E-state index contributed by atoms with van der Waals surface area (Å²) in [6.45, 7) is 11.1. The molecule has 3 rings (SSSR count). The number of likely N-dealkylation sites (tertiary alicyclic amines) is 2. The molecule has 2 saturated heterocycles. The number of aliphatic imine (C=N–C) groups is 1. The lowest BCUT2D eigenvalue weighted by molar-refractivity contribution is -0.129. The number of guanidine groups is 1. The maximum absolute atomic E-state index is 12.1. The van der Waals surface area contributed by atoms with Crippen molar-refractivity contribution in [3.05, 3.63) is 35.9 Å². The first-order valence-corrected chi connectivity index (χ1v) is 11.7. The molecule has 2 fully saturated rings. The largest absolute Gasteiger partial charge is 0.357 e. The van der Waals surface area contributed by atoms with Gasteiger partial charge in [0.2, 0.25) is 5.91 Å². The third kappa shape index (κ3) is 6.21. The molecule has 0 radical (unpaired) electrons. The van der Waals surface area contributed by atoms with Gasteiger partial charge in [0.25, 0.3) is 0 Å². The molecule has 1 aromatic rings. The van der Waals surface area contributed by atoms with Crippen molar-refractivity contribution in [3.63, 3.8) is 0 Å². The van der Waals surface area contributed by atoms with Crippen LogP contribution in [0.2, 0.25) is 0 Å². The van der Waals surface area contributed by atoms with Crippen molar-refractivity contribution in [2.24, 2.45) is 4.99 Å². The van der Waals surface area contributed by atoms with Gasteiger partial charge in [-0.2, -0.15) is 0 Å². The highest BCUT2D eigenvalue weighted by atomic mass is 16.2. The van der Waals surface area contributed by atoms with E-state index in [2.05, 4.69) is 71.5 Å². The third-order valence-electron chi connectivity index (χ3n) is 6.37. The summed E-state index contributed by atoms with van der Waals surface area (Å²) in [6.07, 6.45) is 4.77. The van der Waals surface area contributed by atoms with Gasteiger partial charge < -0.3 is 15.5 Å². The highest BCUT2D eigenvalue weighted by molar-refractivity contribution is 5.80. The molecule has 2 heterocycles. The average molecular weight is 414 g/mol. The van der Waals surface area contributed by atoms with Crippen LogP contribution >= 0.6 is 0 Å². The van der Waals surface area contributed by atoms with E-state index in [1.54, 1.807) is 0 Å². The smallest absolute Gasteiger partial charge is 0.222 e. The van der Waals surface area contributed by atoms with Gasteiger partial charge in [0.15, 0.2) is 5.96 Å². The molecule has 3 unspecified atom stereocenters. The van der Waals surface area contributed by atoms with Crippen LogP contribution in [0.3, 0.4) is 0 Å². The summed E-state index contributed by atoms with van der Waals surface area (Å²) >= 11 is 0. The molecule has 2 N–H and O–H groups in total. The number of amides is 1. The van der Waals surface area contributed by atoms with E-state index in [4.69, 9.17) is 4.99 Å². The summed E-state index contributed by atoms with van der Waals surface area (Å²) in [4.78, 5) is 21.5. The molecule has 1 aromatic carbocycles. The Hall–Kier alpha value is -2.08. The van der Waals surface area contributed by atoms with Crippen LogP contribution in [0.1, 0.15) is 58.4 Å². The van der Waals surface area contributed by atoms with Crippen molar-refractivity contribution in [2.45, 2.75) is 77.5 Å². The van der Waals surface area contributed by atoms with Crippen molar-refractivity contribution >= 4 is 11.9 Å². The summed E-state index contributed by atoms with van der Waals surface area (Å²) in [5, 5.41) is 7.05. The maximum Gasteiger partial charge on any atom is 0.222 e. The molecule has 0 spiro atoms. The number of carbonyl (C=O) groups excluding carboxylic acids is 1. The molecule has 30 heavy (non-hydrogen) atoms. The Balaban J connectivity index is 1.51. The molecule has 0 aliphatic carbocycles. The topological polar surface area (TPSA) is 60.0 Å². The first-order valence-electron chi connectivity index (χ1n) is 11.7. The highest BCUT2D eigenvalue weighted by Crippen LogP contribution is 2.20. The molecule has 6 heteroatoms. The third-order valence-corrected chi connectivity index (χ3v) is 6.37. The van der Waals surface area contributed by atoms with E-state index in [1.807, 2.05) is 0 Å². The van der Waals surface area contributed by atoms with E-state index in [0.717, 1.165) is 64.4 Å². The van der Waals surface area contributed by atoms with Gasteiger partial charge >= 0.3 is 0 Å². The predicted octanol–water partition coefficient (Wildman–Crippen LogP) is 3.00. The Morgan fingerprint density at radius 1 is 1.27 bits per heavy atom. The van der Waals surface area contributed by atoms with Gasteiger partial charge in [0.05, 0.1) is 0 Å². The van der Waals surface area contributed by atoms with Gasteiger partial charge in [-0.1, -0.05) is 37.3 Å². The lowest BCUT2D eigenvalue weighted by Crippen LogP contribution is -2.44.